The molecule has 1 unspecified atom stereocenters. The third-order valence-corrected chi connectivity index (χ3v) is 2.20. The number of benzene rings is 1. The van der Waals surface area contributed by atoms with Crippen molar-refractivity contribution in [3.63, 3.8) is 0 Å². The smallest absolute Gasteiger partial charge is 0.407 e. The summed E-state index contributed by atoms with van der Waals surface area (Å²) in [6.07, 6.45) is 0.479. The second-order valence-electron chi connectivity index (χ2n) is 3.65. The SMILES string of the molecule is C=CC(CC(=O)O)NC(=O)OCc1ccccc1. The van der Waals surface area contributed by atoms with Gasteiger partial charge in [0.25, 0.3) is 0 Å². The Bertz CT molecular complexity index is 416. The molecule has 1 aromatic carbocycles. The summed E-state index contributed by atoms with van der Waals surface area (Å²) < 4.78 is 4.95. The molecule has 0 heterocycles. The van der Waals surface area contributed by atoms with Crippen molar-refractivity contribution in [3.8, 4) is 0 Å². The molecule has 1 rings (SSSR count). The van der Waals surface area contributed by atoms with Crippen molar-refractivity contribution in [2.24, 2.45) is 0 Å². The molecular formula is C13H15NO4. The highest BCUT2D eigenvalue weighted by molar-refractivity contribution is 5.71. The minimum Gasteiger partial charge on any atom is -0.481 e. The molecule has 0 saturated heterocycles. The molecule has 0 fully saturated rings. The van der Waals surface area contributed by atoms with Gasteiger partial charge in [0.05, 0.1) is 12.5 Å². The number of rotatable bonds is 6. The number of carboxylic acids is 1. The molecule has 0 aliphatic rings. The zero-order valence-electron chi connectivity index (χ0n) is 9.83. The lowest BCUT2D eigenvalue weighted by molar-refractivity contribution is -0.137. The van der Waals surface area contributed by atoms with E-state index < -0.39 is 18.1 Å². The number of carboxylic acid groups (broad SMARTS) is 1. The van der Waals surface area contributed by atoms with E-state index in [-0.39, 0.29) is 13.0 Å². The first kappa shape index (κ1) is 13.8. The summed E-state index contributed by atoms with van der Waals surface area (Å²) in [6.45, 7) is 3.59. The highest BCUT2D eigenvalue weighted by Gasteiger charge is 2.13. The second kappa shape index (κ2) is 7.11. The van der Waals surface area contributed by atoms with Crippen LogP contribution in [0.5, 0.6) is 0 Å². The molecule has 0 saturated carbocycles. The normalized spacial score (nSPS) is 11.3. The van der Waals surface area contributed by atoms with E-state index in [2.05, 4.69) is 11.9 Å². The summed E-state index contributed by atoms with van der Waals surface area (Å²) in [6, 6.07) is 8.57. The van der Waals surface area contributed by atoms with Gasteiger partial charge in [0.2, 0.25) is 0 Å². The molecule has 0 radical (unpaired) electrons. The molecule has 96 valence electrons. The fourth-order valence-corrected chi connectivity index (χ4v) is 1.30. The van der Waals surface area contributed by atoms with E-state index in [1.807, 2.05) is 30.3 Å². The fraction of sp³-hybridized carbons (Fsp3) is 0.231. The third kappa shape index (κ3) is 5.16. The van der Waals surface area contributed by atoms with E-state index in [1.54, 1.807) is 0 Å². The molecule has 0 bridgehead atoms. The van der Waals surface area contributed by atoms with Crippen LogP contribution in [0.2, 0.25) is 0 Å². The molecule has 1 atom stereocenters. The zero-order chi connectivity index (χ0) is 13.4. The van der Waals surface area contributed by atoms with E-state index >= 15 is 0 Å². The molecule has 2 N–H and O–H groups in total. The van der Waals surface area contributed by atoms with Crippen LogP contribution in [0.15, 0.2) is 43.0 Å². The molecule has 0 spiro atoms. The molecular weight excluding hydrogens is 234 g/mol. The van der Waals surface area contributed by atoms with Gasteiger partial charge in [0.1, 0.15) is 6.61 Å². The first-order valence-corrected chi connectivity index (χ1v) is 5.43. The number of amides is 1. The summed E-state index contributed by atoms with van der Waals surface area (Å²) in [7, 11) is 0. The molecule has 5 nitrogen and oxygen atoms in total. The number of carbonyl (C=O) groups is 2. The summed E-state index contributed by atoms with van der Waals surface area (Å²) in [5.41, 5.74) is 0.862. The molecule has 0 aliphatic heterocycles. The van der Waals surface area contributed by atoms with Crippen molar-refractivity contribution < 1.29 is 19.4 Å². The average Bonchev–Trinajstić information content (AvgIpc) is 2.36. The van der Waals surface area contributed by atoms with Crippen LogP contribution in [-0.4, -0.2) is 23.2 Å². The van der Waals surface area contributed by atoms with Gasteiger partial charge in [-0.05, 0) is 5.56 Å². The number of alkyl carbamates (subject to hydrolysis) is 1. The Morgan fingerprint density at radius 1 is 1.39 bits per heavy atom. The summed E-state index contributed by atoms with van der Waals surface area (Å²) in [5, 5.41) is 11.0. The first-order chi connectivity index (χ1) is 8.61. The Morgan fingerprint density at radius 2 is 2.06 bits per heavy atom. The van der Waals surface area contributed by atoms with Crippen LogP contribution >= 0.6 is 0 Å². The van der Waals surface area contributed by atoms with Gasteiger partial charge in [-0.3, -0.25) is 4.79 Å². The van der Waals surface area contributed by atoms with Crippen LogP contribution in [-0.2, 0) is 16.1 Å². The Morgan fingerprint density at radius 3 is 2.61 bits per heavy atom. The van der Waals surface area contributed by atoms with Crippen LogP contribution in [0.3, 0.4) is 0 Å². The molecule has 0 aliphatic carbocycles. The number of aliphatic carboxylic acids is 1. The summed E-state index contributed by atoms with van der Waals surface area (Å²) in [5.74, 6) is -1.01. The van der Waals surface area contributed by atoms with Gasteiger partial charge in [-0.15, -0.1) is 6.58 Å². The van der Waals surface area contributed by atoms with Gasteiger partial charge in [-0.2, -0.15) is 0 Å². The zero-order valence-corrected chi connectivity index (χ0v) is 9.83. The van der Waals surface area contributed by atoms with Crippen molar-refractivity contribution in [1.82, 2.24) is 5.32 Å². The predicted molar refractivity (Wildman–Crippen MR) is 66.0 cm³/mol. The highest BCUT2D eigenvalue weighted by atomic mass is 16.5. The summed E-state index contributed by atoms with van der Waals surface area (Å²) in [4.78, 5) is 21.9. The molecule has 5 heteroatoms. The van der Waals surface area contributed by atoms with E-state index in [1.165, 1.54) is 6.08 Å². The summed E-state index contributed by atoms with van der Waals surface area (Å²) >= 11 is 0. The molecule has 1 aromatic rings. The highest BCUT2D eigenvalue weighted by Crippen LogP contribution is 2.01. The van der Waals surface area contributed by atoms with E-state index in [9.17, 15) is 9.59 Å². The van der Waals surface area contributed by atoms with Crippen LogP contribution in [0.4, 0.5) is 4.79 Å². The maximum absolute atomic E-state index is 11.4. The van der Waals surface area contributed by atoms with E-state index in [0.717, 1.165) is 5.56 Å². The third-order valence-electron chi connectivity index (χ3n) is 2.20. The van der Waals surface area contributed by atoms with Gasteiger partial charge >= 0.3 is 12.1 Å². The predicted octanol–water partition coefficient (Wildman–Crippen LogP) is 1.94. The maximum Gasteiger partial charge on any atom is 0.407 e. The quantitative estimate of drug-likeness (QED) is 0.755. The maximum atomic E-state index is 11.4. The van der Waals surface area contributed by atoms with Crippen molar-refractivity contribution in [2.45, 2.75) is 19.1 Å². The fourth-order valence-electron chi connectivity index (χ4n) is 1.30. The minimum absolute atomic E-state index is 0.142. The lowest BCUT2D eigenvalue weighted by Gasteiger charge is -2.12. The molecule has 1 amide bonds. The second-order valence-corrected chi connectivity index (χ2v) is 3.65. The van der Waals surface area contributed by atoms with Gasteiger partial charge in [-0.1, -0.05) is 36.4 Å². The van der Waals surface area contributed by atoms with Crippen LogP contribution in [0.25, 0.3) is 0 Å². The average molecular weight is 249 g/mol. The molecule has 0 aromatic heterocycles. The lowest BCUT2D eigenvalue weighted by Crippen LogP contribution is -2.35. The van der Waals surface area contributed by atoms with Crippen molar-refractivity contribution in [3.05, 3.63) is 48.6 Å². The van der Waals surface area contributed by atoms with Crippen molar-refractivity contribution in [1.29, 1.82) is 0 Å². The minimum atomic E-state index is -1.01. The Balaban J connectivity index is 2.37. The number of hydrogen-bond acceptors (Lipinski definition) is 3. The first-order valence-electron chi connectivity index (χ1n) is 5.43. The van der Waals surface area contributed by atoms with E-state index in [4.69, 9.17) is 9.84 Å². The number of carbonyl (C=O) groups excluding carboxylic acids is 1. The van der Waals surface area contributed by atoms with Crippen LogP contribution < -0.4 is 5.32 Å². The van der Waals surface area contributed by atoms with Gasteiger partial charge in [-0.25, -0.2) is 4.79 Å². The van der Waals surface area contributed by atoms with E-state index in [0.29, 0.717) is 0 Å². The topological polar surface area (TPSA) is 75.6 Å². The Kier molecular flexibility index (Phi) is 5.44. The Hall–Kier alpha value is -2.30. The lowest BCUT2D eigenvalue weighted by atomic mass is 10.2. The van der Waals surface area contributed by atoms with Crippen molar-refractivity contribution >= 4 is 12.1 Å². The van der Waals surface area contributed by atoms with Crippen LogP contribution in [0, 0.1) is 0 Å². The number of ether oxygens (including phenoxy) is 1. The molecule has 18 heavy (non-hydrogen) atoms. The van der Waals surface area contributed by atoms with Gasteiger partial charge in [0.15, 0.2) is 0 Å². The van der Waals surface area contributed by atoms with Gasteiger partial charge in [0, 0.05) is 0 Å². The number of nitrogens with one attached hydrogen (secondary N) is 1. The van der Waals surface area contributed by atoms with Crippen molar-refractivity contribution in [2.75, 3.05) is 0 Å². The monoisotopic (exact) mass is 249 g/mol. The largest absolute Gasteiger partial charge is 0.481 e. The Labute approximate surface area is 105 Å². The number of hydrogen-bond donors (Lipinski definition) is 2. The van der Waals surface area contributed by atoms with Gasteiger partial charge < -0.3 is 15.2 Å². The van der Waals surface area contributed by atoms with Crippen LogP contribution in [0.1, 0.15) is 12.0 Å². The standard InChI is InChI=1S/C13H15NO4/c1-2-11(8-12(15)16)14-13(17)18-9-10-6-4-3-5-7-10/h2-7,11H,1,8-9H2,(H,14,17)(H,15,16).